The van der Waals surface area contributed by atoms with E-state index in [4.69, 9.17) is 21.1 Å². The van der Waals surface area contributed by atoms with E-state index in [9.17, 15) is 19.5 Å². The van der Waals surface area contributed by atoms with Crippen molar-refractivity contribution < 1.29 is 33.8 Å². The van der Waals surface area contributed by atoms with Crippen LogP contribution in [-0.2, 0) is 28.7 Å². The number of para-hydroxylation sites is 1. The maximum atomic E-state index is 15.2. The molecular formula is C37H42ClN3O7. The normalized spacial score (nSPS) is 31.0. The Kier molecular flexibility index (Phi) is 9.79. The van der Waals surface area contributed by atoms with Gasteiger partial charge in [-0.1, -0.05) is 98.6 Å². The summed E-state index contributed by atoms with van der Waals surface area (Å²) in [6.07, 6.45) is 7.47. The van der Waals surface area contributed by atoms with Crippen molar-refractivity contribution in [3.63, 3.8) is 0 Å². The number of anilines is 1. The van der Waals surface area contributed by atoms with Gasteiger partial charge in [0.15, 0.2) is 0 Å². The fourth-order valence-electron chi connectivity index (χ4n) is 7.68. The fourth-order valence-corrected chi connectivity index (χ4v) is 8.01. The lowest BCUT2D eigenvalue weighted by Crippen LogP contribution is -2.59. The third kappa shape index (κ3) is 5.84. The van der Waals surface area contributed by atoms with Crippen molar-refractivity contribution in [1.29, 1.82) is 0 Å². The van der Waals surface area contributed by atoms with E-state index >= 15 is 4.79 Å². The second kappa shape index (κ2) is 13.9. The highest BCUT2D eigenvalue weighted by Gasteiger charge is 2.74. The van der Waals surface area contributed by atoms with Crippen LogP contribution in [0, 0.1) is 24.7 Å². The molecule has 10 nitrogen and oxygen atoms in total. The van der Waals surface area contributed by atoms with Crippen molar-refractivity contribution in [3.8, 4) is 0 Å². The van der Waals surface area contributed by atoms with E-state index < -0.39 is 65.4 Å². The number of esters is 1. The van der Waals surface area contributed by atoms with Gasteiger partial charge >= 0.3 is 5.97 Å². The number of aliphatic hydroxyl groups is 1. The number of carbonyl (C=O) groups is 4. The maximum Gasteiger partial charge on any atom is 0.306 e. The van der Waals surface area contributed by atoms with Gasteiger partial charge in [0.1, 0.15) is 18.2 Å². The number of nitrogens with zero attached hydrogens (tertiary/aromatic N) is 2. The predicted octanol–water partition coefficient (Wildman–Crippen LogP) is 4.29. The van der Waals surface area contributed by atoms with E-state index in [1.165, 1.54) is 4.90 Å². The Bertz CT molecular complexity index is 1610. The monoisotopic (exact) mass is 675 g/mol. The molecule has 8 atom stereocenters. The third-order valence-electron chi connectivity index (χ3n) is 10.3. The zero-order chi connectivity index (χ0) is 34.2. The van der Waals surface area contributed by atoms with E-state index in [1.54, 1.807) is 35.3 Å². The number of nitrogens with one attached hydrogen (secondary N) is 1. The summed E-state index contributed by atoms with van der Waals surface area (Å²) in [5.74, 6) is -3.89. The third-order valence-corrected chi connectivity index (χ3v) is 10.6. The maximum absolute atomic E-state index is 15.2. The van der Waals surface area contributed by atoms with Gasteiger partial charge in [0.25, 0.3) is 5.91 Å². The van der Waals surface area contributed by atoms with Gasteiger partial charge in [-0.3, -0.25) is 19.2 Å². The summed E-state index contributed by atoms with van der Waals surface area (Å²) in [5.41, 5.74) is 0.516. The molecule has 11 heteroatoms. The molecule has 5 bridgehead atoms. The van der Waals surface area contributed by atoms with Crippen molar-refractivity contribution >= 4 is 41.0 Å². The van der Waals surface area contributed by atoms with Crippen LogP contribution in [0.25, 0.3) is 0 Å². The lowest BCUT2D eigenvalue weighted by molar-refractivity contribution is -0.147. The molecule has 4 aliphatic heterocycles. The van der Waals surface area contributed by atoms with Gasteiger partial charge in [0, 0.05) is 13.0 Å². The minimum Gasteiger partial charge on any atom is -0.463 e. The molecule has 3 amide bonds. The molecule has 4 aliphatic rings. The van der Waals surface area contributed by atoms with Crippen molar-refractivity contribution in [1.82, 2.24) is 10.2 Å². The fraction of sp³-hybridized carbons (Fsp3) is 0.459. The van der Waals surface area contributed by atoms with Crippen LogP contribution in [0.3, 0.4) is 0 Å². The molecular weight excluding hydrogens is 634 g/mol. The SMILES string of the molecule is CC[C@H](C)[C@H](CO)N1C(=O)[C@@H]2[C@H]3C(=O)N[C@@H](c4ccccc4)COC(=O)CC/C=C\CN(c4c(C)cccc4Cl)C(=O)[C@@H]1[C@]21C=C[C@H]3O1. The number of fused-ring (bicyclic) bond motifs is 2. The molecule has 0 unspecified atom stereocenters. The van der Waals surface area contributed by atoms with E-state index in [-0.39, 0.29) is 32.1 Å². The average Bonchev–Trinajstić information content (AvgIpc) is 3.73. The smallest absolute Gasteiger partial charge is 0.306 e. The van der Waals surface area contributed by atoms with Crippen LogP contribution in [0.1, 0.15) is 50.3 Å². The predicted molar refractivity (Wildman–Crippen MR) is 180 cm³/mol. The van der Waals surface area contributed by atoms with Gasteiger partial charge in [0.2, 0.25) is 11.8 Å². The van der Waals surface area contributed by atoms with Crippen LogP contribution in [-0.4, -0.2) is 77.2 Å². The highest BCUT2D eigenvalue weighted by atomic mass is 35.5. The quantitative estimate of drug-likeness (QED) is 0.346. The molecule has 2 fully saturated rings. The first-order valence-electron chi connectivity index (χ1n) is 16.7. The molecule has 2 saturated heterocycles. The largest absolute Gasteiger partial charge is 0.463 e. The summed E-state index contributed by atoms with van der Waals surface area (Å²) in [6, 6.07) is 12.0. The minimum absolute atomic E-state index is 0.0937. The molecule has 6 rings (SSSR count). The summed E-state index contributed by atoms with van der Waals surface area (Å²) in [7, 11) is 0. The molecule has 0 saturated carbocycles. The molecule has 254 valence electrons. The van der Waals surface area contributed by atoms with E-state index in [1.807, 2.05) is 63.2 Å². The number of hydrogen-bond donors (Lipinski definition) is 2. The van der Waals surface area contributed by atoms with E-state index in [0.29, 0.717) is 23.6 Å². The van der Waals surface area contributed by atoms with Gasteiger partial charge in [-0.2, -0.15) is 0 Å². The van der Waals surface area contributed by atoms with Crippen LogP contribution in [0.15, 0.2) is 72.8 Å². The Morgan fingerprint density at radius 2 is 1.83 bits per heavy atom. The Hall–Kier alpha value is -3.99. The molecule has 1 spiro atoms. The molecule has 0 aliphatic carbocycles. The standard InChI is InChI=1S/C37H42ClN3O7/c1-4-22(2)27(20-42)41-33-36(46)40(32-23(3)12-11-15-25(32)38)19-10-6-9-16-29(43)47-21-26(24-13-7-5-8-14-24)39-34(44)30-28-17-18-37(33,48-28)31(30)35(41)45/h5-8,10-15,17-18,22,26-28,30-31,33,42H,4,9,16,19-21H2,1-3H3,(H,39,44)/b10-6-/t22-,26+,27-,28+,30-,31-,33+,37-/m0/s1. The number of carbonyl (C=O) groups excluding carboxylic acids is 4. The van der Waals surface area contributed by atoms with Crippen LogP contribution in [0.2, 0.25) is 5.02 Å². The zero-order valence-corrected chi connectivity index (χ0v) is 28.1. The first-order chi connectivity index (χ1) is 23.1. The van der Waals surface area contributed by atoms with Crippen LogP contribution in [0.5, 0.6) is 0 Å². The van der Waals surface area contributed by atoms with E-state index in [0.717, 1.165) is 11.1 Å². The number of aliphatic hydroxyl groups excluding tert-OH is 1. The number of cyclic esters (lactones) is 1. The summed E-state index contributed by atoms with van der Waals surface area (Å²) in [6.45, 7) is 5.38. The molecule has 2 aromatic rings. The molecule has 2 aromatic carbocycles. The molecule has 2 N–H and O–H groups in total. The summed E-state index contributed by atoms with van der Waals surface area (Å²) < 4.78 is 12.2. The van der Waals surface area contributed by atoms with Crippen molar-refractivity contribution in [3.05, 3.63) is 89.0 Å². The van der Waals surface area contributed by atoms with Crippen molar-refractivity contribution in [2.24, 2.45) is 17.8 Å². The van der Waals surface area contributed by atoms with Crippen LogP contribution in [0.4, 0.5) is 5.69 Å². The number of likely N-dealkylation sites (tertiary alicyclic amines) is 1. The highest BCUT2D eigenvalue weighted by molar-refractivity contribution is 6.34. The van der Waals surface area contributed by atoms with Crippen LogP contribution < -0.4 is 10.2 Å². The second-order valence-electron chi connectivity index (χ2n) is 13.1. The Morgan fingerprint density at radius 1 is 1.06 bits per heavy atom. The van der Waals surface area contributed by atoms with Gasteiger partial charge in [0.05, 0.1) is 47.3 Å². The van der Waals surface area contributed by atoms with Gasteiger partial charge in [-0.05, 0) is 36.5 Å². The first-order valence-corrected chi connectivity index (χ1v) is 17.0. The number of aryl methyl sites for hydroxylation is 1. The molecule has 0 radical (unpaired) electrons. The van der Waals surface area contributed by atoms with Crippen molar-refractivity contribution in [2.75, 3.05) is 24.7 Å². The van der Waals surface area contributed by atoms with Gasteiger partial charge in [-0.15, -0.1) is 0 Å². The van der Waals surface area contributed by atoms with Crippen LogP contribution >= 0.6 is 11.6 Å². The first kappa shape index (κ1) is 33.9. The number of rotatable bonds is 6. The lowest BCUT2D eigenvalue weighted by atomic mass is 9.74. The number of allylic oxidation sites excluding steroid dienone is 1. The van der Waals surface area contributed by atoms with E-state index in [2.05, 4.69) is 5.32 Å². The van der Waals surface area contributed by atoms with Crippen molar-refractivity contribution in [2.45, 2.75) is 69.9 Å². The molecule has 0 aromatic heterocycles. The number of benzene rings is 2. The number of ether oxygens (including phenoxy) is 2. The average molecular weight is 676 g/mol. The lowest BCUT2D eigenvalue weighted by Gasteiger charge is -2.40. The number of hydrogen-bond acceptors (Lipinski definition) is 7. The molecule has 48 heavy (non-hydrogen) atoms. The highest BCUT2D eigenvalue weighted by Crippen LogP contribution is 2.56. The second-order valence-corrected chi connectivity index (χ2v) is 13.5. The number of amides is 3. The minimum atomic E-state index is -1.46. The Balaban J connectivity index is 1.49. The summed E-state index contributed by atoms with van der Waals surface area (Å²) >= 11 is 6.75. The Labute approximate surface area is 285 Å². The Morgan fingerprint density at radius 3 is 2.54 bits per heavy atom. The van der Waals surface area contributed by atoms with Gasteiger partial charge < -0.3 is 29.7 Å². The molecule has 4 heterocycles. The number of halogens is 1. The summed E-state index contributed by atoms with van der Waals surface area (Å²) in [5, 5.41) is 14.1. The zero-order valence-electron chi connectivity index (χ0n) is 27.4. The summed E-state index contributed by atoms with van der Waals surface area (Å²) in [4.78, 5) is 60.0. The van der Waals surface area contributed by atoms with Gasteiger partial charge in [-0.25, -0.2) is 0 Å². The topological polar surface area (TPSA) is 125 Å².